The summed E-state index contributed by atoms with van der Waals surface area (Å²) in [6.07, 6.45) is 2.51. The van der Waals surface area contributed by atoms with E-state index in [-0.39, 0.29) is 5.78 Å². The first-order chi connectivity index (χ1) is 8.15. The van der Waals surface area contributed by atoms with Gasteiger partial charge >= 0.3 is 0 Å². The Morgan fingerprint density at radius 3 is 2.76 bits per heavy atom. The zero-order valence-electron chi connectivity index (χ0n) is 10.2. The summed E-state index contributed by atoms with van der Waals surface area (Å²) in [6.45, 7) is 4.94. The molecule has 0 amide bonds. The minimum Gasteiger partial charge on any atom is -0.296 e. The molecule has 0 spiro atoms. The predicted molar refractivity (Wildman–Crippen MR) is 73.3 cm³/mol. The molecule has 0 N–H and O–H groups in total. The van der Waals surface area contributed by atoms with E-state index in [2.05, 4.69) is 27.8 Å². The van der Waals surface area contributed by atoms with Crippen molar-refractivity contribution in [2.24, 2.45) is 5.92 Å². The van der Waals surface area contributed by atoms with Crippen LogP contribution in [0.4, 0.5) is 0 Å². The number of benzene rings is 1. The molecule has 0 radical (unpaired) electrons. The van der Waals surface area contributed by atoms with Crippen molar-refractivity contribution in [2.75, 3.05) is 19.6 Å². The lowest BCUT2D eigenvalue weighted by Crippen LogP contribution is -2.37. The van der Waals surface area contributed by atoms with Crippen molar-refractivity contribution in [3.05, 3.63) is 34.3 Å². The van der Waals surface area contributed by atoms with E-state index in [0.717, 1.165) is 29.0 Å². The number of rotatable bonds is 3. The summed E-state index contributed by atoms with van der Waals surface area (Å²) in [5, 5.41) is 0. The van der Waals surface area contributed by atoms with Crippen LogP contribution in [-0.4, -0.2) is 30.3 Å². The van der Waals surface area contributed by atoms with E-state index in [0.29, 0.717) is 6.54 Å². The van der Waals surface area contributed by atoms with E-state index in [1.54, 1.807) is 0 Å². The van der Waals surface area contributed by atoms with Crippen LogP contribution in [0.2, 0.25) is 0 Å². The molecule has 2 nitrogen and oxygen atoms in total. The van der Waals surface area contributed by atoms with Gasteiger partial charge in [-0.3, -0.25) is 9.69 Å². The molecule has 0 bridgehead atoms. The Hall–Kier alpha value is -0.670. The molecule has 0 aliphatic carbocycles. The van der Waals surface area contributed by atoms with Crippen molar-refractivity contribution in [2.45, 2.75) is 19.8 Å². The third-order valence-corrected chi connectivity index (χ3v) is 3.80. The van der Waals surface area contributed by atoms with Crippen LogP contribution in [0.5, 0.6) is 0 Å². The summed E-state index contributed by atoms with van der Waals surface area (Å²) >= 11 is 3.38. The Morgan fingerprint density at radius 2 is 2.12 bits per heavy atom. The number of hydrogen-bond donors (Lipinski definition) is 0. The van der Waals surface area contributed by atoms with Gasteiger partial charge in [-0.2, -0.15) is 0 Å². The Kier molecular flexibility index (Phi) is 4.35. The number of carbonyl (C=O) groups excluding carboxylic acids is 1. The molecular formula is C14H18BrNO. The van der Waals surface area contributed by atoms with Crippen LogP contribution in [0.25, 0.3) is 0 Å². The fourth-order valence-electron chi connectivity index (χ4n) is 2.36. The third kappa shape index (κ3) is 3.65. The normalized spacial score (nSPS) is 21.4. The Morgan fingerprint density at radius 1 is 1.41 bits per heavy atom. The molecule has 1 aliphatic heterocycles. The van der Waals surface area contributed by atoms with Crippen LogP contribution < -0.4 is 0 Å². The number of ketones is 1. The molecule has 3 heteroatoms. The zero-order chi connectivity index (χ0) is 12.3. The number of nitrogens with zero attached hydrogens (tertiary/aromatic N) is 1. The first-order valence-electron chi connectivity index (χ1n) is 6.16. The van der Waals surface area contributed by atoms with Gasteiger partial charge in [-0.1, -0.05) is 35.0 Å². The average molecular weight is 296 g/mol. The SMILES string of the molecule is CC1CCCN(CC(=O)c2ccc(Br)cc2)C1. The quantitative estimate of drug-likeness (QED) is 0.797. The van der Waals surface area contributed by atoms with E-state index in [1.807, 2.05) is 24.3 Å². The second kappa shape index (κ2) is 5.78. The van der Waals surface area contributed by atoms with Gasteiger partial charge in [0, 0.05) is 16.6 Å². The highest BCUT2D eigenvalue weighted by atomic mass is 79.9. The van der Waals surface area contributed by atoms with Crippen LogP contribution in [-0.2, 0) is 0 Å². The molecule has 17 heavy (non-hydrogen) atoms. The number of Topliss-reactive ketones (excluding diaryl/α,β-unsaturated/α-hetero) is 1. The Bertz CT molecular complexity index is 388. The van der Waals surface area contributed by atoms with Crippen LogP contribution in [0, 0.1) is 5.92 Å². The van der Waals surface area contributed by atoms with Crippen molar-refractivity contribution >= 4 is 21.7 Å². The van der Waals surface area contributed by atoms with Crippen molar-refractivity contribution in [3.63, 3.8) is 0 Å². The molecule has 1 aromatic carbocycles. The molecule has 1 unspecified atom stereocenters. The number of hydrogen-bond acceptors (Lipinski definition) is 2. The van der Waals surface area contributed by atoms with Gasteiger partial charge in [0.15, 0.2) is 5.78 Å². The highest BCUT2D eigenvalue weighted by Crippen LogP contribution is 2.16. The smallest absolute Gasteiger partial charge is 0.176 e. The average Bonchev–Trinajstić information content (AvgIpc) is 2.29. The predicted octanol–water partition coefficient (Wildman–Crippen LogP) is 3.36. The van der Waals surface area contributed by atoms with Crippen molar-refractivity contribution in [1.82, 2.24) is 4.90 Å². The zero-order valence-corrected chi connectivity index (χ0v) is 11.7. The lowest BCUT2D eigenvalue weighted by Gasteiger charge is -2.30. The van der Waals surface area contributed by atoms with Crippen LogP contribution >= 0.6 is 15.9 Å². The fourth-order valence-corrected chi connectivity index (χ4v) is 2.62. The monoisotopic (exact) mass is 295 g/mol. The van der Waals surface area contributed by atoms with Gasteiger partial charge in [-0.15, -0.1) is 0 Å². The van der Waals surface area contributed by atoms with Gasteiger partial charge < -0.3 is 0 Å². The summed E-state index contributed by atoms with van der Waals surface area (Å²) in [5.74, 6) is 0.952. The molecule has 2 rings (SSSR count). The molecule has 0 aromatic heterocycles. The lowest BCUT2D eigenvalue weighted by molar-refractivity contribution is 0.0893. The molecule has 1 atom stereocenters. The largest absolute Gasteiger partial charge is 0.296 e. The van der Waals surface area contributed by atoms with E-state index in [1.165, 1.54) is 12.8 Å². The van der Waals surface area contributed by atoms with Gasteiger partial charge in [-0.05, 0) is 37.4 Å². The molecule has 92 valence electrons. The van der Waals surface area contributed by atoms with Gasteiger partial charge in [0.25, 0.3) is 0 Å². The van der Waals surface area contributed by atoms with E-state index in [4.69, 9.17) is 0 Å². The maximum Gasteiger partial charge on any atom is 0.176 e. The number of likely N-dealkylation sites (tertiary alicyclic amines) is 1. The van der Waals surface area contributed by atoms with Crippen molar-refractivity contribution in [3.8, 4) is 0 Å². The Labute approximate surface area is 111 Å². The minimum atomic E-state index is 0.228. The van der Waals surface area contributed by atoms with E-state index in [9.17, 15) is 4.79 Å². The fraction of sp³-hybridized carbons (Fsp3) is 0.500. The minimum absolute atomic E-state index is 0.228. The standard InChI is InChI=1S/C14H18BrNO/c1-11-3-2-8-16(9-11)10-14(17)12-4-6-13(15)7-5-12/h4-7,11H,2-3,8-10H2,1H3. The van der Waals surface area contributed by atoms with Crippen LogP contribution in [0.15, 0.2) is 28.7 Å². The summed E-state index contributed by atoms with van der Waals surface area (Å²) in [5.41, 5.74) is 0.812. The van der Waals surface area contributed by atoms with E-state index >= 15 is 0 Å². The summed E-state index contributed by atoms with van der Waals surface area (Å²) in [4.78, 5) is 14.4. The van der Waals surface area contributed by atoms with Gasteiger partial charge in [-0.25, -0.2) is 0 Å². The molecule has 1 aliphatic rings. The number of carbonyl (C=O) groups is 1. The lowest BCUT2D eigenvalue weighted by atomic mass is 9.99. The topological polar surface area (TPSA) is 20.3 Å². The summed E-state index contributed by atoms with van der Waals surface area (Å²) in [6, 6.07) is 7.62. The van der Waals surface area contributed by atoms with E-state index < -0.39 is 0 Å². The molecule has 1 fully saturated rings. The highest BCUT2D eigenvalue weighted by molar-refractivity contribution is 9.10. The van der Waals surface area contributed by atoms with Gasteiger partial charge in [0.05, 0.1) is 6.54 Å². The summed E-state index contributed by atoms with van der Waals surface area (Å²) < 4.78 is 1.01. The van der Waals surface area contributed by atoms with Crippen LogP contribution in [0.1, 0.15) is 30.1 Å². The second-order valence-electron chi connectivity index (χ2n) is 4.91. The number of piperidine rings is 1. The highest BCUT2D eigenvalue weighted by Gasteiger charge is 2.18. The van der Waals surface area contributed by atoms with Gasteiger partial charge in [0.1, 0.15) is 0 Å². The molecule has 0 saturated carbocycles. The second-order valence-corrected chi connectivity index (χ2v) is 5.83. The molecule has 1 aromatic rings. The molecule has 1 saturated heterocycles. The van der Waals surface area contributed by atoms with Crippen molar-refractivity contribution in [1.29, 1.82) is 0 Å². The summed E-state index contributed by atoms with van der Waals surface area (Å²) in [7, 11) is 0. The van der Waals surface area contributed by atoms with Gasteiger partial charge in [0.2, 0.25) is 0 Å². The van der Waals surface area contributed by atoms with Crippen molar-refractivity contribution < 1.29 is 4.79 Å². The molecule has 1 heterocycles. The molecular weight excluding hydrogens is 278 g/mol. The first-order valence-corrected chi connectivity index (χ1v) is 6.95. The maximum absolute atomic E-state index is 12.1. The van der Waals surface area contributed by atoms with Crippen LogP contribution in [0.3, 0.4) is 0 Å². The number of halogens is 1. The first kappa shape index (κ1) is 12.8. The maximum atomic E-state index is 12.1. The Balaban J connectivity index is 1.94. The third-order valence-electron chi connectivity index (χ3n) is 3.27.